The summed E-state index contributed by atoms with van der Waals surface area (Å²) in [5.41, 5.74) is 6.21. The van der Waals surface area contributed by atoms with Crippen LogP contribution in [0.1, 0.15) is 41.7 Å². The van der Waals surface area contributed by atoms with E-state index in [9.17, 15) is 13.2 Å². The van der Waals surface area contributed by atoms with E-state index in [1.165, 1.54) is 23.3 Å². The minimum Gasteiger partial charge on any atom is -0.341 e. The van der Waals surface area contributed by atoms with Crippen molar-refractivity contribution in [1.29, 1.82) is 0 Å². The van der Waals surface area contributed by atoms with Crippen LogP contribution in [0.25, 0.3) is 11.3 Å². The summed E-state index contributed by atoms with van der Waals surface area (Å²) in [5, 5.41) is 0. The molecule has 146 valence electrons. The Hall–Kier alpha value is -2.75. The summed E-state index contributed by atoms with van der Waals surface area (Å²) < 4.78 is 39.1. The van der Waals surface area contributed by atoms with E-state index in [1.807, 2.05) is 26.0 Å². The summed E-state index contributed by atoms with van der Waals surface area (Å²) in [6.45, 7) is 10.9. The van der Waals surface area contributed by atoms with Gasteiger partial charge >= 0.3 is 6.18 Å². The fourth-order valence-electron chi connectivity index (χ4n) is 3.57. The molecule has 2 aromatic rings. The number of hydrogen-bond donors (Lipinski definition) is 0. The van der Waals surface area contributed by atoms with Crippen molar-refractivity contribution >= 4 is 11.3 Å². The van der Waals surface area contributed by atoms with Crippen molar-refractivity contribution in [3.05, 3.63) is 94.7 Å². The molecule has 0 atom stereocenters. The van der Waals surface area contributed by atoms with Crippen molar-refractivity contribution in [3.63, 3.8) is 0 Å². The van der Waals surface area contributed by atoms with Crippen molar-refractivity contribution < 1.29 is 13.2 Å². The first-order valence-electron chi connectivity index (χ1n) is 9.29. The summed E-state index contributed by atoms with van der Waals surface area (Å²) in [4.78, 5) is 2.13. The Balaban J connectivity index is 1.90. The van der Waals surface area contributed by atoms with Crippen LogP contribution in [0.4, 0.5) is 13.2 Å². The molecule has 1 aliphatic rings. The molecule has 0 saturated carbocycles. The van der Waals surface area contributed by atoms with Gasteiger partial charge < -0.3 is 4.90 Å². The van der Waals surface area contributed by atoms with E-state index in [-0.39, 0.29) is 0 Å². The minimum absolute atomic E-state index is 0.563. The van der Waals surface area contributed by atoms with E-state index in [2.05, 4.69) is 36.6 Å². The standard InChI is InChI=1S/C24H24F3N/c1-5-22(14-17(3)19-7-6-8-21(15-19)24(25,26)27)28-12-11-20-13-16(2)9-10-23(20)18(28)4/h5-10,13-15H,4,11-12H2,1-3H3/b17-14+,22-5+. The molecule has 0 fully saturated rings. The van der Waals surface area contributed by atoms with E-state index < -0.39 is 11.7 Å². The lowest BCUT2D eigenvalue weighted by Crippen LogP contribution is -2.28. The number of allylic oxidation sites excluding steroid dienone is 3. The third-order valence-electron chi connectivity index (χ3n) is 5.12. The zero-order valence-corrected chi connectivity index (χ0v) is 16.4. The average molecular weight is 383 g/mol. The Bertz CT molecular complexity index is 964. The van der Waals surface area contributed by atoms with Gasteiger partial charge in [0.05, 0.1) is 5.56 Å². The first-order chi connectivity index (χ1) is 13.2. The third-order valence-corrected chi connectivity index (χ3v) is 5.12. The fourth-order valence-corrected chi connectivity index (χ4v) is 3.57. The Morgan fingerprint density at radius 1 is 1.14 bits per heavy atom. The molecule has 0 aromatic heterocycles. The number of rotatable bonds is 3. The molecule has 0 spiro atoms. The van der Waals surface area contributed by atoms with Crippen molar-refractivity contribution in [1.82, 2.24) is 4.90 Å². The molecular formula is C24H24F3N. The van der Waals surface area contributed by atoms with Crippen LogP contribution in [0.3, 0.4) is 0 Å². The van der Waals surface area contributed by atoms with Gasteiger partial charge in [-0.3, -0.25) is 0 Å². The van der Waals surface area contributed by atoms with Crippen LogP contribution in [0.5, 0.6) is 0 Å². The maximum absolute atomic E-state index is 13.0. The summed E-state index contributed by atoms with van der Waals surface area (Å²) in [6, 6.07) is 11.8. The van der Waals surface area contributed by atoms with E-state index in [0.29, 0.717) is 5.56 Å². The van der Waals surface area contributed by atoms with Gasteiger partial charge in [-0.15, -0.1) is 0 Å². The number of halogens is 3. The number of aryl methyl sites for hydroxylation is 1. The molecule has 1 heterocycles. The molecular weight excluding hydrogens is 359 g/mol. The van der Waals surface area contributed by atoms with Gasteiger partial charge in [0.2, 0.25) is 0 Å². The smallest absolute Gasteiger partial charge is 0.341 e. The Morgan fingerprint density at radius 3 is 2.57 bits per heavy atom. The van der Waals surface area contributed by atoms with Gasteiger partial charge in [0.25, 0.3) is 0 Å². The van der Waals surface area contributed by atoms with Gasteiger partial charge in [-0.05, 0) is 62.1 Å². The number of benzene rings is 2. The predicted molar refractivity (Wildman–Crippen MR) is 109 cm³/mol. The van der Waals surface area contributed by atoms with Crippen molar-refractivity contribution in [3.8, 4) is 0 Å². The quantitative estimate of drug-likeness (QED) is 0.524. The molecule has 1 aliphatic heterocycles. The highest BCUT2D eigenvalue weighted by Gasteiger charge is 2.30. The van der Waals surface area contributed by atoms with E-state index in [1.54, 1.807) is 6.07 Å². The second kappa shape index (κ2) is 7.70. The lowest BCUT2D eigenvalue weighted by molar-refractivity contribution is -0.137. The van der Waals surface area contributed by atoms with E-state index >= 15 is 0 Å². The predicted octanol–water partition coefficient (Wildman–Crippen LogP) is 6.85. The summed E-state index contributed by atoms with van der Waals surface area (Å²) in [6.07, 6.45) is 0.466. The monoisotopic (exact) mass is 383 g/mol. The highest BCUT2D eigenvalue weighted by Crippen LogP contribution is 2.34. The van der Waals surface area contributed by atoms with Gasteiger partial charge in [-0.25, -0.2) is 0 Å². The topological polar surface area (TPSA) is 3.24 Å². The third kappa shape index (κ3) is 4.06. The number of fused-ring (bicyclic) bond motifs is 1. The lowest BCUT2D eigenvalue weighted by atomic mass is 9.94. The van der Waals surface area contributed by atoms with Crippen LogP contribution in [0.15, 0.2) is 66.9 Å². The molecule has 0 bridgehead atoms. The van der Waals surface area contributed by atoms with Gasteiger partial charge in [0.1, 0.15) is 0 Å². The molecule has 0 unspecified atom stereocenters. The molecule has 0 aliphatic carbocycles. The molecule has 1 nitrogen and oxygen atoms in total. The SMILES string of the molecule is C=C1c2ccc(C)cc2CCN1C(/C=C(\C)c1cccc(C(F)(F)F)c1)=C/C. The highest BCUT2D eigenvalue weighted by molar-refractivity contribution is 5.72. The van der Waals surface area contributed by atoms with Crippen LogP contribution in [0, 0.1) is 6.92 Å². The zero-order chi connectivity index (χ0) is 20.5. The summed E-state index contributed by atoms with van der Waals surface area (Å²) in [7, 11) is 0. The maximum Gasteiger partial charge on any atom is 0.416 e. The van der Waals surface area contributed by atoms with Gasteiger partial charge in [-0.1, -0.05) is 48.6 Å². The van der Waals surface area contributed by atoms with Gasteiger partial charge in [0, 0.05) is 23.5 Å². The Morgan fingerprint density at radius 2 is 1.89 bits per heavy atom. The molecule has 28 heavy (non-hydrogen) atoms. The van der Waals surface area contributed by atoms with Gasteiger partial charge in [0.15, 0.2) is 0 Å². The Kier molecular flexibility index (Phi) is 5.50. The van der Waals surface area contributed by atoms with E-state index in [0.717, 1.165) is 41.6 Å². The number of alkyl halides is 3. The molecule has 4 heteroatoms. The number of nitrogens with zero attached hydrogens (tertiary/aromatic N) is 1. The molecule has 0 saturated heterocycles. The Labute approximate surface area is 164 Å². The number of hydrogen-bond acceptors (Lipinski definition) is 1. The molecule has 0 N–H and O–H groups in total. The fraction of sp³-hybridized carbons (Fsp3) is 0.250. The normalized spacial score (nSPS) is 15.6. The molecule has 0 amide bonds. The molecule has 0 radical (unpaired) electrons. The second-order valence-corrected chi connectivity index (χ2v) is 7.13. The van der Waals surface area contributed by atoms with Crippen LogP contribution >= 0.6 is 0 Å². The maximum atomic E-state index is 13.0. The average Bonchev–Trinajstić information content (AvgIpc) is 2.66. The molecule has 3 rings (SSSR count). The first kappa shape index (κ1) is 20.0. The summed E-state index contributed by atoms with van der Waals surface area (Å²) in [5.74, 6) is 0. The largest absolute Gasteiger partial charge is 0.416 e. The second-order valence-electron chi connectivity index (χ2n) is 7.13. The van der Waals surface area contributed by atoms with Gasteiger partial charge in [-0.2, -0.15) is 13.2 Å². The van der Waals surface area contributed by atoms with Crippen LogP contribution in [-0.2, 0) is 12.6 Å². The lowest BCUT2D eigenvalue weighted by Gasteiger charge is -2.34. The van der Waals surface area contributed by atoms with Crippen molar-refractivity contribution in [2.24, 2.45) is 0 Å². The van der Waals surface area contributed by atoms with Crippen LogP contribution in [-0.4, -0.2) is 11.4 Å². The zero-order valence-electron chi connectivity index (χ0n) is 16.4. The van der Waals surface area contributed by atoms with Crippen LogP contribution in [0.2, 0.25) is 0 Å². The van der Waals surface area contributed by atoms with Crippen molar-refractivity contribution in [2.45, 2.75) is 33.4 Å². The van der Waals surface area contributed by atoms with E-state index in [4.69, 9.17) is 0 Å². The highest BCUT2D eigenvalue weighted by atomic mass is 19.4. The van der Waals surface area contributed by atoms with Crippen molar-refractivity contribution in [2.75, 3.05) is 6.54 Å². The summed E-state index contributed by atoms with van der Waals surface area (Å²) >= 11 is 0. The molecule has 2 aromatic carbocycles. The first-order valence-corrected chi connectivity index (χ1v) is 9.29. The van der Waals surface area contributed by atoms with Crippen LogP contribution < -0.4 is 0 Å². The minimum atomic E-state index is -4.34.